The molecular formula is C13H13NNa2O5. The number of benzene rings is 1. The third-order valence-electron chi connectivity index (χ3n) is 3.31. The van der Waals surface area contributed by atoms with Crippen molar-refractivity contribution in [1.29, 1.82) is 0 Å². The van der Waals surface area contributed by atoms with Crippen LogP contribution < -0.4 is 74.1 Å². The van der Waals surface area contributed by atoms with Crippen LogP contribution in [-0.4, -0.2) is 37.0 Å². The summed E-state index contributed by atoms with van der Waals surface area (Å²) in [6.45, 7) is 0.253. The number of likely N-dealkylation sites (tertiary alicyclic amines) is 1. The maximum Gasteiger partial charge on any atom is 1.00 e. The maximum atomic E-state index is 10.9. The minimum atomic E-state index is -1.88. The summed E-state index contributed by atoms with van der Waals surface area (Å²) in [6, 6.07) is 7.30. The fourth-order valence-electron chi connectivity index (χ4n) is 2.20. The fraction of sp³-hybridized carbons (Fsp3) is 0.385. The number of hydrogen-bond donors (Lipinski definition) is 0. The number of nitrogens with zero attached hydrogens (tertiary/aromatic N) is 1. The zero-order chi connectivity index (χ0) is 14.0. The molecule has 0 saturated carbocycles. The Kier molecular flexibility index (Phi) is 8.49. The van der Waals surface area contributed by atoms with Crippen molar-refractivity contribution in [2.24, 2.45) is 5.41 Å². The van der Waals surface area contributed by atoms with Gasteiger partial charge in [0.15, 0.2) is 0 Å². The molecular weight excluding hydrogens is 296 g/mol. The molecule has 6 nitrogen and oxygen atoms in total. The summed E-state index contributed by atoms with van der Waals surface area (Å²) in [4.78, 5) is 23.4. The first kappa shape index (κ1) is 20.9. The van der Waals surface area contributed by atoms with Crippen molar-refractivity contribution < 1.29 is 83.7 Å². The molecule has 0 radical (unpaired) electrons. The van der Waals surface area contributed by atoms with Gasteiger partial charge in [-0.1, -0.05) is 12.1 Å². The average Bonchev–Trinajstić information content (AvgIpc) is 2.32. The Morgan fingerprint density at radius 3 is 2.29 bits per heavy atom. The van der Waals surface area contributed by atoms with Crippen molar-refractivity contribution in [1.82, 2.24) is 4.90 Å². The van der Waals surface area contributed by atoms with E-state index in [9.17, 15) is 19.8 Å². The summed E-state index contributed by atoms with van der Waals surface area (Å²) in [5.41, 5.74) is -0.955. The molecule has 0 N–H and O–H groups in total. The Morgan fingerprint density at radius 1 is 1.24 bits per heavy atom. The van der Waals surface area contributed by atoms with E-state index in [0.29, 0.717) is 12.3 Å². The third-order valence-corrected chi connectivity index (χ3v) is 3.31. The molecule has 102 valence electrons. The predicted octanol–water partition coefficient (Wildman–Crippen LogP) is -8.00. The summed E-state index contributed by atoms with van der Waals surface area (Å²) in [7, 11) is 1.56. The fourth-order valence-corrected chi connectivity index (χ4v) is 2.20. The van der Waals surface area contributed by atoms with E-state index < -0.39 is 17.4 Å². The molecule has 0 spiro atoms. The smallest absolute Gasteiger partial charge is 0.549 e. The molecule has 0 unspecified atom stereocenters. The topological polar surface area (TPSA) is 92.7 Å². The molecule has 1 aromatic rings. The first-order valence-electron chi connectivity index (χ1n) is 5.76. The van der Waals surface area contributed by atoms with Gasteiger partial charge in [-0.05, 0) is 17.7 Å². The van der Waals surface area contributed by atoms with Crippen molar-refractivity contribution in [2.75, 3.05) is 20.2 Å². The molecule has 0 atom stereocenters. The molecule has 0 bridgehead atoms. The van der Waals surface area contributed by atoms with E-state index in [2.05, 4.69) is 0 Å². The quantitative estimate of drug-likeness (QED) is 0.396. The molecule has 21 heavy (non-hydrogen) atoms. The summed E-state index contributed by atoms with van der Waals surface area (Å²) in [6.07, 6.45) is 0. The third kappa shape index (κ3) is 4.45. The van der Waals surface area contributed by atoms with Crippen LogP contribution in [-0.2, 0) is 16.1 Å². The van der Waals surface area contributed by atoms with Gasteiger partial charge in [0.2, 0.25) is 0 Å². The van der Waals surface area contributed by atoms with Gasteiger partial charge in [0.25, 0.3) is 0 Å². The number of rotatable bonds is 5. The van der Waals surface area contributed by atoms with E-state index in [4.69, 9.17) is 4.74 Å². The van der Waals surface area contributed by atoms with Crippen LogP contribution in [0.5, 0.6) is 5.75 Å². The van der Waals surface area contributed by atoms with Crippen molar-refractivity contribution in [3.8, 4) is 5.75 Å². The molecule has 1 heterocycles. The van der Waals surface area contributed by atoms with Crippen LogP contribution >= 0.6 is 0 Å². The van der Waals surface area contributed by atoms with Crippen LogP contribution in [0.15, 0.2) is 24.3 Å². The number of carbonyl (C=O) groups is 2. The summed E-state index contributed by atoms with van der Waals surface area (Å²) in [5, 5.41) is 21.7. The van der Waals surface area contributed by atoms with E-state index >= 15 is 0 Å². The Hall–Kier alpha value is -0.0800. The van der Waals surface area contributed by atoms with E-state index in [1.54, 1.807) is 18.1 Å². The molecule has 1 aliphatic rings. The normalized spacial score (nSPS) is 15.9. The minimum Gasteiger partial charge on any atom is -0.549 e. The van der Waals surface area contributed by atoms with Crippen molar-refractivity contribution >= 4 is 11.9 Å². The summed E-state index contributed by atoms with van der Waals surface area (Å²) >= 11 is 0. The zero-order valence-corrected chi connectivity index (χ0v) is 16.4. The van der Waals surface area contributed by atoms with E-state index in [0.717, 1.165) is 5.56 Å². The Morgan fingerprint density at radius 2 is 1.81 bits per heavy atom. The Bertz CT molecular complexity index is 501. The Balaban J connectivity index is 0.00000200. The number of carbonyl (C=O) groups excluding carboxylic acids is 2. The van der Waals surface area contributed by atoms with Crippen LogP contribution in [0.3, 0.4) is 0 Å². The Labute approximate surface area is 167 Å². The van der Waals surface area contributed by atoms with Crippen LogP contribution in [0.1, 0.15) is 5.56 Å². The molecule has 1 aliphatic heterocycles. The first-order valence-corrected chi connectivity index (χ1v) is 5.76. The molecule has 2 rings (SSSR count). The maximum absolute atomic E-state index is 10.9. The van der Waals surface area contributed by atoms with Crippen molar-refractivity contribution in [2.45, 2.75) is 6.54 Å². The second-order valence-electron chi connectivity index (χ2n) is 4.65. The number of hydrogen-bond acceptors (Lipinski definition) is 6. The van der Waals surface area contributed by atoms with Gasteiger partial charge >= 0.3 is 59.1 Å². The second kappa shape index (κ2) is 8.53. The first-order chi connectivity index (χ1) is 8.98. The van der Waals surface area contributed by atoms with E-state index in [1.165, 1.54) is 0 Å². The predicted molar refractivity (Wildman–Crippen MR) is 60.7 cm³/mol. The van der Waals surface area contributed by atoms with Gasteiger partial charge in [0.05, 0.1) is 24.5 Å². The van der Waals surface area contributed by atoms with Gasteiger partial charge in [-0.3, -0.25) is 4.90 Å². The number of methoxy groups -OCH3 is 1. The van der Waals surface area contributed by atoms with Crippen LogP contribution in [0.4, 0.5) is 0 Å². The molecule has 1 aromatic carbocycles. The standard InChI is InChI=1S/C13H15NO5.2Na/c1-19-10-4-2-3-9(5-10)6-14-7-13(8-14,11(15)16)12(17)18;;/h2-5H,6-8H2,1H3,(H,15,16)(H,17,18);;/q;2*+1/p-2. The molecule has 1 fully saturated rings. The molecule has 0 aromatic heterocycles. The van der Waals surface area contributed by atoms with Gasteiger partial charge in [0, 0.05) is 19.6 Å². The summed E-state index contributed by atoms with van der Waals surface area (Å²) in [5.74, 6) is -2.48. The number of carboxylic acids is 2. The van der Waals surface area contributed by atoms with Gasteiger partial charge < -0.3 is 24.5 Å². The number of ether oxygens (including phenoxy) is 1. The molecule has 8 heteroatoms. The summed E-state index contributed by atoms with van der Waals surface area (Å²) < 4.78 is 5.08. The van der Waals surface area contributed by atoms with E-state index in [-0.39, 0.29) is 72.2 Å². The molecule has 0 aliphatic carbocycles. The van der Waals surface area contributed by atoms with Crippen molar-refractivity contribution in [3.05, 3.63) is 29.8 Å². The molecule has 1 saturated heterocycles. The van der Waals surface area contributed by atoms with Gasteiger partial charge in [-0.2, -0.15) is 0 Å². The van der Waals surface area contributed by atoms with Crippen LogP contribution in [0.2, 0.25) is 0 Å². The number of aliphatic carboxylic acids is 2. The monoisotopic (exact) mass is 309 g/mol. The SMILES string of the molecule is COc1cccc(CN2CC(C(=O)[O-])(C(=O)[O-])C2)c1.[Na+].[Na+]. The van der Waals surface area contributed by atoms with Crippen molar-refractivity contribution in [3.63, 3.8) is 0 Å². The molecule has 0 amide bonds. The zero-order valence-electron chi connectivity index (χ0n) is 12.4. The van der Waals surface area contributed by atoms with Crippen LogP contribution in [0, 0.1) is 5.41 Å². The minimum absolute atomic E-state index is 0. The average molecular weight is 309 g/mol. The van der Waals surface area contributed by atoms with Gasteiger partial charge in [0.1, 0.15) is 5.75 Å². The van der Waals surface area contributed by atoms with Gasteiger partial charge in [-0.15, -0.1) is 0 Å². The van der Waals surface area contributed by atoms with E-state index in [1.807, 2.05) is 18.2 Å². The van der Waals surface area contributed by atoms with Crippen LogP contribution in [0.25, 0.3) is 0 Å². The second-order valence-corrected chi connectivity index (χ2v) is 4.65. The van der Waals surface area contributed by atoms with Gasteiger partial charge in [-0.25, -0.2) is 0 Å². The largest absolute Gasteiger partial charge is 1.00 e. The number of carboxylic acid groups (broad SMARTS) is 2.